The average Bonchev–Trinajstić information content (AvgIpc) is 2.93. The van der Waals surface area contributed by atoms with E-state index in [1.165, 1.54) is 6.92 Å². The molecule has 0 aliphatic rings. The van der Waals surface area contributed by atoms with E-state index in [1.54, 1.807) is 13.8 Å². The number of nitrogens with one attached hydrogen (secondary N) is 5. The van der Waals surface area contributed by atoms with Gasteiger partial charge in [-0.05, 0) is 25.7 Å². The van der Waals surface area contributed by atoms with Crippen LogP contribution in [0.5, 0.6) is 0 Å². The molecular weight excluding hydrogens is 588 g/mol. The van der Waals surface area contributed by atoms with Crippen molar-refractivity contribution >= 4 is 53.3 Å². The Hall–Kier alpha value is -4.81. The molecular formula is C25H42N8O11. The van der Waals surface area contributed by atoms with Gasteiger partial charge >= 0.3 is 11.9 Å². The number of carboxylic acids is 2. The summed E-state index contributed by atoms with van der Waals surface area (Å²) in [6.45, 7) is 3.76. The van der Waals surface area contributed by atoms with Crippen molar-refractivity contribution < 1.29 is 53.4 Å². The van der Waals surface area contributed by atoms with Crippen LogP contribution in [-0.4, -0.2) is 100 Å². The maximum atomic E-state index is 13.1. The highest BCUT2D eigenvalue weighted by molar-refractivity contribution is 5.97. The Balaban J connectivity index is 5.66. The smallest absolute Gasteiger partial charge is 0.322 e. The van der Waals surface area contributed by atoms with Gasteiger partial charge in [0.2, 0.25) is 41.4 Å². The first-order valence-electron chi connectivity index (χ1n) is 13.6. The highest BCUT2D eigenvalue weighted by Crippen LogP contribution is 2.10. The van der Waals surface area contributed by atoms with Crippen LogP contribution in [0.4, 0.5) is 0 Å². The van der Waals surface area contributed by atoms with Gasteiger partial charge in [0.25, 0.3) is 0 Å². The summed E-state index contributed by atoms with van der Waals surface area (Å²) >= 11 is 0. The molecule has 13 N–H and O–H groups in total. The molecule has 0 aliphatic carbocycles. The first-order chi connectivity index (χ1) is 20.4. The van der Waals surface area contributed by atoms with Gasteiger partial charge in [-0.25, -0.2) is 0 Å². The fourth-order valence-electron chi connectivity index (χ4n) is 3.56. The van der Waals surface area contributed by atoms with Crippen molar-refractivity contribution in [3.05, 3.63) is 0 Å². The van der Waals surface area contributed by atoms with Crippen LogP contribution in [0.3, 0.4) is 0 Å². The molecule has 0 bridgehead atoms. The summed E-state index contributed by atoms with van der Waals surface area (Å²) in [6.07, 6.45) is -1.55. The third-order valence-electron chi connectivity index (χ3n) is 6.32. The number of rotatable bonds is 21. The normalized spacial score (nSPS) is 14.7. The Morgan fingerprint density at radius 1 is 0.659 bits per heavy atom. The van der Waals surface area contributed by atoms with Gasteiger partial charge in [0.15, 0.2) is 0 Å². The number of nitrogens with two attached hydrogens (primary N) is 3. The van der Waals surface area contributed by atoms with Crippen LogP contribution < -0.4 is 43.8 Å². The van der Waals surface area contributed by atoms with Crippen molar-refractivity contribution in [2.45, 2.75) is 89.5 Å². The Bertz CT molecular complexity index is 1100. The molecule has 0 aromatic carbocycles. The molecule has 44 heavy (non-hydrogen) atoms. The summed E-state index contributed by atoms with van der Waals surface area (Å²) in [7, 11) is 0. The van der Waals surface area contributed by atoms with Gasteiger partial charge in [0.05, 0.1) is 12.5 Å². The van der Waals surface area contributed by atoms with Crippen LogP contribution in [0.15, 0.2) is 0 Å². The maximum absolute atomic E-state index is 13.1. The Labute approximate surface area is 252 Å². The van der Waals surface area contributed by atoms with Crippen molar-refractivity contribution in [3.63, 3.8) is 0 Å². The Morgan fingerprint density at radius 2 is 1.25 bits per heavy atom. The van der Waals surface area contributed by atoms with Crippen LogP contribution in [0.1, 0.15) is 59.3 Å². The molecule has 0 unspecified atom stereocenters. The van der Waals surface area contributed by atoms with Gasteiger partial charge in [0, 0.05) is 12.8 Å². The predicted octanol–water partition coefficient (Wildman–Crippen LogP) is -4.47. The van der Waals surface area contributed by atoms with Gasteiger partial charge in [0.1, 0.15) is 30.7 Å². The van der Waals surface area contributed by atoms with E-state index < -0.39 is 109 Å². The zero-order chi connectivity index (χ0) is 34.1. The second kappa shape index (κ2) is 19.4. The van der Waals surface area contributed by atoms with Crippen LogP contribution in [-0.2, 0) is 43.2 Å². The molecule has 0 aromatic rings. The van der Waals surface area contributed by atoms with Crippen LogP contribution >= 0.6 is 0 Å². The molecule has 19 nitrogen and oxygen atoms in total. The minimum Gasteiger partial charge on any atom is -0.481 e. The molecule has 7 amide bonds. The average molecular weight is 631 g/mol. The second-order valence-corrected chi connectivity index (χ2v) is 10.1. The maximum Gasteiger partial charge on any atom is 0.322 e. The molecule has 0 aliphatic heterocycles. The lowest BCUT2D eigenvalue weighted by Crippen LogP contribution is -2.59. The van der Waals surface area contributed by atoms with Crippen molar-refractivity contribution in [1.82, 2.24) is 26.6 Å². The summed E-state index contributed by atoms with van der Waals surface area (Å²) in [4.78, 5) is 108. The predicted molar refractivity (Wildman–Crippen MR) is 151 cm³/mol. The lowest BCUT2D eigenvalue weighted by Gasteiger charge is -2.28. The van der Waals surface area contributed by atoms with Gasteiger partial charge < -0.3 is 54.0 Å². The third-order valence-corrected chi connectivity index (χ3v) is 6.32. The first kappa shape index (κ1) is 39.2. The van der Waals surface area contributed by atoms with E-state index in [1.807, 2.05) is 5.32 Å². The van der Waals surface area contributed by atoms with Crippen LogP contribution in [0, 0.1) is 5.92 Å². The highest BCUT2D eigenvalue weighted by atomic mass is 16.4. The largest absolute Gasteiger partial charge is 0.481 e. The first-order valence-corrected chi connectivity index (χ1v) is 13.6. The SMILES string of the molecule is CC[C@H](C)[C@H](NC(=O)[C@H](C)NC(=O)[C@H](CCC(=O)O)NC(=O)[C@@H](N)CCC(N)=O)C(=O)N[C@@H](CC(N)=O)C(=O)NCC(=O)O. The Morgan fingerprint density at radius 3 is 1.75 bits per heavy atom. The van der Waals surface area contributed by atoms with Crippen molar-refractivity contribution in [2.75, 3.05) is 6.54 Å². The number of carbonyl (C=O) groups is 9. The molecule has 0 aromatic heterocycles. The molecule has 19 heteroatoms. The van der Waals surface area contributed by atoms with E-state index >= 15 is 0 Å². The summed E-state index contributed by atoms with van der Waals surface area (Å²) < 4.78 is 0. The molecule has 248 valence electrons. The molecule has 0 fully saturated rings. The van der Waals surface area contributed by atoms with E-state index in [2.05, 4.69) is 21.3 Å². The van der Waals surface area contributed by atoms with E-state index in [9.17, 15) is 43.2 Å². The van der Waals surface area contributed by atoms with Crippen LogP contribution in [0.25, 0.3) is 0 Å². The van der Waals surface area contributed by atoms with Gasteiger partial charge in [-0.2, -0.15) is 0 Å². The van der Waals surface area contributed by atoms with Crippen LogP contribution in [0.2, 0.25) is 0 Å². The van der Waals surface area contributed by atoms with Gasteiger partial charge in [-0.15, -0.1) is 0 Å². The topological polar surface area (TPSA) is 332 Å². The number of hydrogen-bond donors (Lipinski definition) is 10. The van der Waals surface area contributed by atoms with E-state index in [0.29, 0.717) is 6.42 Å². The zero-order valence-electron chi connectivity index (χ0n) is 24.7. The Kier molecular flexibility index (Phi) is 17.3. The fourth-order valence-corrected chi connectivity index (χ4v) is 3.56. The number of amides is 7. The number of primary amides is 2. The zero-order valence-corrected chi connectivity index (χ0v) is 24.7. The second-order valence-electron chi connectivity index (χ2n) is 10.1. The van der Waals surface area contributed by atoms with Gasteiger partial charge in [-0.3, -0.25) is 43.2 Å². The molecule has 0 radical (unpaired) electrons. The number of aliphatic carboxylic acids is 2. The highest BCUT2D eigenvalue weighted by Gasteiger charge is 2.33. The minimum absolute atomic E-state index is 0.131. The summed E-state index contributed by atoms with van der Waals surface area (Å²) in [5.41, 5.74) is 15.9. The molecule has 0 saturated heterocycles. The summed E-state index contributed by atoms with van der Waals surface area (Å²) in [5, 5.41) is 29.2. The molecule has 6 atom stereocenters. The number of carboxylic acid groups (broad SMARTS) is 2. The molecule has 0 spiro atoms. The number of carbonyl (C=O) groups excluding carboxylic acids is 7. The van der Waals surface area contributed by atoms with Crippen molar-refractivity contribution in [3.8, 4) is 0 Å². The molecule has 0 heterocycles. The monoisotopic (exact) mass is 630 g/mol. The van der Waals surface area contributed by atoms with E-state index in [4.69, 9.17) is 27.4 Å². The molecule has 0 rings (SSSR count). The lowest BCUT2D eigenvalue weighted by atomic mass is 9.97. The van der Waals surface area contributed by atoms with Gasteiger partial charge in [-0.1, -0.05) is 20.3 Å². The minimum atomic E-state index is -1.55. The van der Waals surface area contributed by atoms with E-state index in [0.717, 1.165) is 0 Å². The summed E-state index contributed by atoms with van der Waals surface area (Å²) in [5.74, 6) is -9.44. The fraction of sp³-hybridized carbons (Fsp3) is 0.640. The summed E-state index contributed by atoms with van der Waals surface area (Å²) in [6, 6.07) is -6.83. The standard InChI is InChI=1S/C25H42N8O11/c1-4-11(2)20(25(44)32-15(9-17(28)35)23(42)29-10-19(38)39)33-21(40)12(3)30-24(43)14(6-8-18(36)37)31-22(41)13(26)5-7-16(27)34/h11-15,20H,4-10,26H2,1-3H3,(H2,27,34)(H2,28,35)(H,29,42)(H,30,43)(H,31,41)(H,32,44)(H,33,40)(H,36,37)(H,38,39)/t11-,12-,13-,14-,15-,20-/m0/s1. The number of hydrogen-bond acceptors (Lipinski definition) is 10. The lowest BCUT2D eigenvalue weighted by molar-refractivity contribution is -0.139. The van der Waals surface area contributed by atoms with Crippen molar-refractivity contribution in [2.24, 2.45) is 23.1 Å². The quantitative estimate of drug-likeness (QED) is 0.0574. The third kappa shape index (κ3) is 15.4. The van der Waals surface area contributed by atoms with E-state index in [-0.39, 0.29) is 19.3 Å². The van der Waals surface area contributed by atoms with Crippen molar-refractivity contribution in [1.29, 1.82) is 0 Å². The molecule has 0 saturated carbocycles.